The number of hydrogen-bond acceptors (Lipinski definition) is 4. The van der Waals surface area contributed by atoms with E-state index in [4.69, 9.17) is 0 Å². The maximum absolute atomic E-state index is 13.2. The first-order valence-corrected chi connectivity index (χ1v) is 12.2. The molecule has 178 valence electrons. The maximum Gasteiger partial charge on any atom is 0.253 e. The van der Waals surface area contributed by atoms with Crippen LogP contribution in [0.15, 0.2) is 42.5 Å². The Hall–Kier alpha value is -2.44. The third-order valence-electron chi connectivity index (χ3n) is 7.38. The van der Waals surface area contributed by atoms with Crippen molar-refractivity contribution in [2.24, 2.45) is 5.92 Å². The Morgan fingerprint density at radius 2 is 1.85 bits per heavy atom. The molecule has 2 aliphatic rings. The van der Waals surface area contributed by atoms with E-state index in [1.807, 2.05) is 24.0 Å². The minimum Gasteiger partial charge on any atom is -0.508 e. The molecule has 3 atom stereocenters. The zero-order valence-electron chi connectivity index (χ0n) is 19.3. The first-order chi connectivity index (χ1) is 15.9. The van der Waals surface area contributed by atoms with Crippen LogP contribution in [-0.4, -0.2) is 46.8 Å². The van der Waals surface area contributed by atoms with Gasteiger partial charge in [-0.15, -0.1) is 0 Å². The topological polar surface area (TPSA) is 72.8 Å². The van der Waals surface area contributed by atoms with Gasteiger partial charge in [0.1, 0.15) is 11.6 Å². The van der Waals surface area contributed by atoms with Crippen LogP contribution in [0.5, 0.6) is 5.75 Å². The number of amides is 1. The Kier molecular flexibility index (Phi) is 7.66. The molecule has 1 amide bonds. The number of aromatic hydroxyl groups is 1. The summed E-state index contributed by atoms with van der Waals surface area (Å²) in [6.45, 7) is 4.09. The smallest absolute Gasteiger partial charge is 0.253 e. The molecule has 0 spiro atoms. The number of nitrogens with zero attached hydrogens (tertiary/aromatic N) is 1. The molecule has 1 aliphatic carbocycles. The Morgan fingerprint density at radius 1 is 1.12 bits per heavy atom. The molecule has 4 rings (SSSR count). The van der Waals surface area contributed by atoms with Gasteiger partial charge in [-0.3, -0.25) is 4.79 Å². The number of phenols is 1. The van der Waals surface area contributed by atoms with Crippen molar-refractivity contribution >= 4 is 5.91 Å². The van der Waals surface area contributed by atoms with Crippen molar-refractivity contribution in [3.63, 3.8) is 0 Å². The van der Waals surface area contributed by atoms with E-state index in [1.165, 1.54) is 18.1 Å². The van der Waals surface area contributed by atoms with E-state index in [-0.39, 0.29) is 23.8 Å². The molecule has 0 radical (unpaired) electrons. The van der Waals surface area contributed by atoms with Gasteiger partial charge in [0.15, 0.2) is 0 Å². The predicted octanol–water partition coefficient (Wildman–Crippen LogP) is 4.75. The molecule has 33 heavy (non-hydrogen) atoms. The van der Waals surface area contributed by atoms with Crippen molar-refractivity contribution in [3.05, 3.63) is 65.0 Å². The van der Waals surface area contributed by atoms with Crippen molar-refractivity contribution in [1.29, 1.82) is 0 Å². The number of benzene rings is 2. The lowest BCUT2D eigenvalue weighted by Gasteiger charge is -2.29. The second kappa shape index (κ2) is 10.7. The van der Waals surface area contributed by atoms with E-state index in [1.54, 1.807) is 6.07 Å². The average molecular weight is 455 g/mol. The van der Waals surface area contributed by atoms with Crippen LogP contribution in [0.1, 0.15) is 78.9 Å². The summed E-state index contributed by atoms with van der Waals surface area (Å²) >= 11 is 0. The van der Waals surface area contributed by atoms with Gasteiger partial charge >= 0.3 is 0 Å². The molecule has 2 aromatic carbocycles. The molecule has 3 unspecified atom stereocenters. The number of rotatable bonds is 7. The van der Waals surface area contributed by atoms with E-state index in [0.717, 1.165) is 43.0 Å². The van der Waals surface area contributed by atoms with Crippen LogP contribution in [0.25, 0.3) is 0 Å². The van der Waals surface area contributed by atoms with Gasteiger partial charge in [-0.25, -0.2) is 4.39 Å². The van der Waals surface area contributed by atoms with Gasteiger partial charge in [-0.05, 0) is 87.6 Å². The second-order valence-corrected chi connectivity index (χ2v) is 9.69. The third-order valence-corrected chi connectivity index (χ3v) is 7.38. The molecule has 2 fully saturated rings. The fourth-order valence-electron chi connectivity index (χ4n) is 5.29. The summed E-state index contributed by atoms with van der Waals surface area (Å²) in [4.78, 5) is 14.5. The zero-order chi connectivity index (χ0) is 23.4. The van der Waals surface area contributed by atoms with Gasteiger partial charge in [-0.1, -0.05) is 18.2 Å². The number of phenolic OH excluding ortho intramolecular Hbond substituents is 1. The molecule has 0 aromatic heterocycles. The molecule has 5 nitrogen and oxygen atoms in total. The highest BCUT2D eigenvalue weighted by Crippen LogP contribution is 2.40. The van der Waals surface area contributed by atoms with Gasteiger partial charge in [0.25, 0.3) is 5.91 Å². The molecule has 1 saturated carbocycles. The Balaban J connectivity index is 1.23. The SMILES string of the molecule is CC(NCCC1CCC(c2ccc(C(=O)N3CCC(O)CC3)cc2)C1)c1ccc(F)cc1O. The number of carbonyl (C=O) groups excluding carboxylic acids is 1. The highest BCUT2D eigenvalue weighted by Gasteiger charge is 2.27. The van der Waals surface area contributed by atoms with Crippen LogP contribution in [0, 0.1) is 11.7 Å². The summed E-state index contributed by atoms with van der Waals surface area (Å²) in [6.07, 6.45) is 5.61. The molecule has 1 saturated heterocycles. The second-order valence-electron chi connectivity index (χ2n) is 9.69. The number of aliphatic hydroxyl groups excluding tert-OH is 1. The number of halogens is 1. The van der Waals surface area contributed by atoms with Crippen LogP contribution >= 0.6 is 0 Å². The molecule has 0 bridgehead atoms. The van der Waals surface area contributed by atoms with Gasteiger partial charge < -0.3 is 20.4 Å². The monoisotopic (exact) mass is 454 g/mol. The van der Waals surface area contributed by atoms with Crippen molar-refractivity contribution in [2.75, 3.05) is 19.6 Å². The molecule has 6 heteroatoms. The fraction of sp³-hybridized carbons (Fsp3) is 0.519. The summed E-state index contributed by atoms with van der Waals surface area (Å²) in [6, 6.07) is 12.3. The fourth-order valence-corrected chi connectivity index (χ4v) is 5.29. The van der Waals surface area contributed by atoms with Crippen LogP contribution in [0.4, 0.5) is 4.39 Å². The standard InChI is InChI=1S/C27H35FN2O3/c1-18(25-9-8-23(28)17-26(25)32)29-13-10-19-2-3-22(16-19)20-4-6-21(7-5-20)27(33)30-14-11-24(31)12-15-30/h4-9,17-19,22,24,29,31-32H,2-3,10-16H2,1H3. The van der Waals surface area contributed by atoms with E-state index in [0.29, 0.717) is 37.8 Å². The summed E-state index contributed by atoms with van der Waals surface area (Å²) in [5, 5.41) is 23.1. The van der Waals surface area contributed by atoms with Crippen LogP contribution in [0.2, 0.25) is 0 Å². The Bertz CT molecular complexity index is 941. The van der Waals surface area contributed by atoms with E-state index < -0.39 is 5.82 Å². The average Bonchev–Trinajstić information content (AvgIpc) is 3.28. The lowest BCUT2D eigenvalue weighted by molar-refractivity contribution is 0.0546. The van der Waals surface area contributed by atoms with Crippen molar-refractivity contribution in [1.82, 2.24) is 10.2 Å². The summed E-state index contributed by atoms with van der Waals surface area (Å²) in [7, 11) is 0. The quantitative estimate of drug-likeness (QED) is 0.564. The molecule has 1 aliphatic heterocycles. The Morgan fingerprint density at radius 3 is 2.55 bits per heavy atom. The lowest BCUT2D eigenvalue weighted by Crippen LogP contribution is -2.40. The zero-order valence-corrected chi connectivity index (χ0v) is 19.3. The number of piperidine rings is 1. The van der Waals surface area contributed by atoms with Crippen molar-refractivity contribution < 1.29 is 19.4 Å². The highest BCUT2D eigenvalue weighted by atomic mass is 19.1. The van der Waals surface area contributed by atoms with Gasteiger partial charge in [0, 0.05) is 36.3 Å². The Labute approximate surface area is 195 Å². The van der Waals surface area contributed by atoms with E-state index in [9.17, 15) is 19.4 Å². The highest BCUT2D eigenvalue weighted by molar-refractivity contribution is 5.94. The minimum absolute atomic E-state index is 0.00395. The molecule has 2 aromatic rings. The van der Waals surface area contributed by atoms with Crippen LogP contribution in [0.3, 0.4) is 0 Å². The molecular weight excluding hydrogens is 419 g/mol. The normalized spacial score (nSPS) is 22.5. The largest absolute Gasteiger partial charge is 0.508 e. The van der Waals surface area contributed by atoms with Gasteiger partial charge in [-0.2, -0.15) is 0 Å². The first-order valence-electron chi connectivity index (χ1n) is 12.2. The first kappa shape index (κ1) is 23.7. The maximum atomic E-state index is 13.2. The van der Waals surface area contributed by atoms with Crippen LogP contribution < -0.4 is 5.32 Å². The number of aliphatic hydroxyl groups is 1. The molecular formula is C27H35FN2O3. The summed E-state index contributed by atoms with van der Waals surface area (Å²) < 4.78 is 13.2. The van der Waals surface area contributed by atoms with Crippen molar-refractivity contribution in [3.8, 4) is 5.75 Å². The number of hydrogen-bond donors (Lipinski definition) is 3. The third kappa shape index (κ3) is 5.92. The van der Waals surface area contributed by atoms with Crippen molar-refractivity contribution in [2.45, 2.75) is 63.5 Å². The van der Waals surface area contributed by atoms with E-state index in [2.05, 4.69) is 17.4 Å². The lowest BCUT2D eigenvalue weighted by atomic mass is 9.94. The van der Waals surface area contributed by atoms with Crippen LogP contribution in [-0.2, 0) is 0 Å². The number of likely N-dealkylation sites (tertiary alicyclic amines) is 1. The molecule has 1 heterocycles. The number of carbonyl (C=O) groups is 1. The summed E-state index contributed by atoms with van der Waals surface area (Å²) in [5.74, 6) is 0.811. The van der Waals surface area contributed by atoms with E-state index >= 15 is 0 Å². The molecule has 3 N–H and O–H groups in total. The predicted molar refractivity (Wildman–Crippen MR) is 127 cm³/mol. The number of nitrogens with one attached hydrogen (secondary N) is 1. The summed E-state index contributed by atoms with van der Waals surface area (Å²) in [5.41, 5.74) is 2.75. The minimum atomic E-state index is -0.427. The van der Waals surface area contributed by atoms with Gasteiger partial charge in [0.2, 0.25) is 0 Å². The van der Waals surface area contributed by atoms with Gasteiger partial charge in [0.05, 0.1) is 6.10 Å².